The number of likely N-dealkylation sites (N-methyl/N-ethyl adjacent to an activating group) is 1. The zero-order valence-electron chi connectivity index (χ0n) is 12.7. The maximum Gasteiger partial charge on any atom is 0.252 e. The average Bonchev–Trinajstić information content (AvgIpc) is 2.97. The lowest BCUT2D eigenvalue weighted by atomic mass is 10.3. The van der Waals surface area contributed by atoms with E-state index in [1.54, 1.807) is 10.4 Å². The fourth-order valence-electron chi connectivity index (χ4n) is 2.30. The molecule has 0 saturated carbocycles. The molecule has 1 unspecified atom stereocenters. The van der Waals surface area contributed by atoms with Crippen LogP contribution in [0.1, 0.15) is 25.1 Å². The molecule has 0 aliphatic carbocycles. The van der Waals surface area contributed by atoms with Crippen LogP contribution in [0, 0.1) is 0 Å². The van der Waals surface area contributed by atoms with Gasteiger partial charge in [0.2, 0.25) is 0 Å². The number of hydrogen-bond acceptors (Lipinski definition) is 5. The van der Waals surface area contributed by atoms with Gasteiger partial charge in [0, 0.05) is 29.0 Å². The smallest absolute Gasteiger partial charge is 0.252 e. The fourth-order valence-corrected chi connectivity index (χ4v) is 6.69. The SMILES string of the molecule is CCNCCc1ccc(S(=O)(=O)N2CCSC(CC)C2)s1. The van der Waals surface area contributed by atoms with Crippen molar-refractivity contribution in [2.24, 2.45) is 0 Å². The second-order valence-corrected chi connectivity index (χ2v) is 9.83. The van der Waals surface area contributed by atoms with Gasteiger partial charge in [0.05, 0.1) is 0 Å². The molecule has 2 heterocycles. The second kappa shape index (κ2) is 7.97. The maximum atomic E-state index is 12.7. The number of nitrogens with zero attached hydrogens (tertiary/aromatic N) is 1. The summed E-state index contributed by atoms with van der Waals surface area (Å²) in [6.45, 7) is 7.32. The van der Waals surface area contributed by atoms with Gasteiger partial charge in [-0.1, -0.05) is 13.8 Å². The van der Waals surface area contributed by atoms with Crippen LogP contribution in [0.25, 0.3) is 0 Å². The second-order valence-electron chi connectivity index (χ2n) is 5.09. The Balaban J connectivity index is 2.05. The summed E-state index contributed by atoms with van der Waals surface area (Å²) in [4.78, 5) is 1.13. The molecule has 0 spiro atoms. The maximum absolute atomic E-state index is 12.7. The lowest BCUT2D eigenvalue weighted by Crippen LogP contribution is -2.41. The Kier molecular flexibility index (Phi) is 6.55. The molecule has 21 heavy (non-hydrogen) atoms. The van der Waals surface area contributed by atoms with Crippen LogP contribution in [0.5, 0.6) is 0 Å². The average molecular weight is 349 g/mol. The molecule has 120 valence electrons. The number of thioether (sulfide) groups is 1. The van der Waals surface area contributed by atoms with Gasteiger partial charge in [-0.2, -0.15) is 16.1 Å². The van der Waals surface area contributed by atoms with E-state index in [4.69, 9.17) is 0 Å². The van der Waals surface area contributed by atoms with Gasteiger partial charge in [-0.15, -0.1) is 11.3 Å². The molecule has 1 saturated heterocycles. The van der Waals surface area contributed by atoms with Crippen LogP contribution in [-0.2, 0) is 16.4 Å². The predicted molar refractivity (Wildman–Crippen MR) is 91.9 cm³/mol. The molecule has 4 nitrogen and oxygen atoms in total. The van der Waals surface area contributed by atoms with Gasteiger partial charge in [-0.05, 0) is 38.1 Å². The van der Waals surface area contributed by atoms with E-state index >= 15 is 0 Å². The number of rotatable bonds is 7. The third-order valence-electron chi connectivity index (χ3n) is 3.59. The topological polar surface area (TPSA) is 49.4 Å². The highest BCUT2D eigenvalue weighted by Crippen LogP contribution is 2.29. The summed E-state index contributed by atoms with van der Waals surface area (Å²) in [5.41, 5.74) is 0. The van der Waals surface area contributed by atoms with Gasteiger partial charge in [0.25, 0.3) is 10.0 Å². The molecule has 0 radical (unpaired) electrons. The molecular weight excluding hydrogens is 324 g/mol. The molecule has 1 aliphatic rings. The van der Waals surface area contributed by atoms with E-state index in [9.17, 15) is 8.42 Å². The lowest BCUT2D eigenvalue weighted by molar-refractivity contribution is 0.417. The summed E-state index contributed by atoms with van der Waals surface area (Å²) >= 11 is 3.30. The monoisotopic (exact) mass is 348 g/mol. The standard InChI is InChI=1S/C14H24N2O2S3/c1-3-12-11-16(9-10-19-12)21(17,18)14-6-5-13(20-14)7-8-15-4-2/h5-6,12,15H,3-4,7-11H2,1-2H3. The van der Waals surface area contributed by atoms with Crippen LogP contribution in [0.15, 0.2) is 16.3 Å². The molecule has 1 fully saturated rings. The molecule has 1 aromatic heterocycles. The van der Waals surface area contributed by atoms with Crippen molar-refractivity contribution in [3.05, 3.63) is 17.0 Å². The van der Waals surface area contributed by atoms with Gasteiger partial charge in [0.15, 0.2) is 0 Å². The molecule has 1 aliphatic heterocycles. The highest BCUT2D eigenvalue weighted by Gasteiger charge is 2.30. The van der Waals surface area contributed by atoms with E-state index in [-0.39, 0.29) is 0 Å². The molecule has 1 aromatic rings. The zero-order chi connectivity index (χ0) is 15.3. The van der Waals surface area contributed by atoms with Crippen molar-refractivity contribution in [3.8, 4) is 0 Å². The van der Waals surface area contributed by atoms with Crippen molar-refractivity contribution in [2.45, 2.75) is 36.1 Å². The first kappa shape index (κ1) is 17.3. The number of nitrogens with one attached hydrogen (secondary N) is 1. The Morgan fingerprint density at radius 1 is 1.38 bits per heavy atom. The summed E-state index contributed by atoms with van der Waals surface area (Å²) < 4.78 is 27.6. The third kappa shape index (κ3) is 4.45. The Morgan fingerprint density at radius 2 is 2.19 bits per heavy atom. The van der Waals surface area contributed by atoms with Crippen molar-refractivity contribution in [1.82, 2.24) is 9.62 Å². The van der Waals surface area contributed by atoms with Crippen LogP contribution >= 0.6 is 23.1 Å². The first-order valence-electron chi connectivity index (χ1n) is 7.49. The van der Waals surface area contributed by atoms with Crippen LogP contribution in [0.4, 0.5) is 0 Å². The van der Waals surface area contributed by atoms with E-state index in [1.165, 1.54) is 11.3 Å². The number of sulfonamides is 1. The Hall–Kier alpha value is -0.0800. The Labute approximate surface area is 136 Å². The van der Waals surface area contributed by atoms with Crippen LogP contribution in [-0.4, -0.2) is 49.9 Å². The van der Waals surface area contributed by atoms with Crippen molar-refractivity contribution in [2.75, 3.05) is 31.9 Å². The molecule has 1 atom stereocenters. The first-order chi connectivity index (χ1) is 10.1. The summed E-state index contributed by atoms with van der Waals surface area (Å²) in [6, 6.07) is 3.72. The summed E-state index contributed by atoms with van der Waals surface area (Å²) in [7, 11) is -3.30. The molecule has 0 bridgehead atoms. The highest BCUT2D eigenvalue weighted by atomic mass is 32.2. The van der Waals surface area contributed by atoms with Crippen molar-refractivity contribution < 1.29 is 8.42 Å². The number of thiophene rings is 1. The minimum atomic E-state index is -3.30. The van der Waals surface area contributed by atoms with Gasteiger partial charge in [-0.3, -0.25) is 0 Å². The van der Waals surface area contributed by atoms with Gasteiger partial charge in [-0.25, -0.2) is 8.42 Å². The van der Waals surface area contributed by atoms with Gasteiger partial charge < -0.3 is 5.32 Å². The lowest BCUT2D eigenvalue weighted by Gasteiger charge is -2.30. The highest BCUT2D eigenvalue weighted by molar-refractivity contribution is 8.00. The predicted octanol–water partition coefficient (Wildman–Crippen LogP) is 2.42. The normalized spacial score (nSPS) is 20.8. The van der Waals surface area contributed by atoms with Gasteiger partial charge >= 0.3 is 0 Å². The Morgan fingerprint density at radius 3 is 2.90 bits per heavy atom. The third-order valence-corrected chi connectivity index (χ3v) is 8.44. The first-order valence-corrected chi connectivity index (χ1v) is 10.8. The minimum Gasteiger partial charge on any atom is -0.317 e. The Bertz CT molecular complexity index is 542. The van der Waals surface area contributed by atoms with E-state index in [2.05, 4.69) is 19.2 Å². The summed E-state index contributed by atoms with van der Waals surface area (Å²) in [6.07, 6.45) is 1.91. The van der Waals surface area contributed by atoms with Gasteiger partial charge in [0.1, 0.15) is 4.21 Å². The van der Waals surface area contributed by atoms with E-state index in [0.29, 0.717) is 22.5 Å². The van der Waals surface area contributed by atoms with Crippen molar-refractivity contribution in [1.29, 1.82) is 0 Å². The molecule has 0 amide bonds. The number of hydrogen-bond donors (Lipinski definition) is 1. The fraction of sp³-hybridized carbons (Fsp3) is 0.714. The van der Waals surface area contributed by atoms with E-state index in [0.717, 1.165) is 36.6 Å². The molecular formula is C14H24N2O2S3. The minimum absolute atomic E-state index is 0.432. The molecule has 0 aromatic carbocycles. The van der Waals surface area contributed by atoms with E-state index < -0.39 is 10.0 Å². The molecule has 7 heteroatoms. The largest absolute Gasteiger partial charge is 0.317 e. The van der Waals surface area contributed by atoms with E-state index in [1.807, 2.05) is 17.8 Å². The zero-order valence-corrected chi connectivity index (χ0v) is 15.1. The van der Waals surface area contributed by atoms with Crippen molar-refractivity contribution >= 4 is 33.1 Å². The summed E-state index contributed by atoms with van der Waals surface area (Å²) in [5.74, 6) is 0.899. The van der Waals surface area contributed by atoms with Crippen LogP contribution < -0.4 is 5.32 Å². The molecule has 1 N–H and O–H groups in total. The van der Waals surface area contributed by atoms with Crippen LogP contribution in [0.2, 0.25) is 0 Å². The summed E-state index contributed by atoms with van der Waals surface area (Å²) in [5, 5.41) is 3.70. The van der Waals surface area contributed by atoms with Crippen molar-refractivity contribution in [3.63, 3.8) is 0 Å². The van der Waals surface area contributed by atoms with Crippen LogP contribution in [0.3, 0.4) is 0 Å². The quantitative estimate of drug-likeness (QED) is 0.769. The molecule has 2 rings (SSSR count).